The lowest BCUT2D eigenvalue weighted by Crippen LogP contribution is -1.98. The lowest BCUT2D eigenvalue weighted by molar-refractivity contribution is 0.252. The zero-order valence-electron chi connectivity index (χ0n) is 11.3. The molecule has 3 aromatic rings. The highest BCUT2D eigenvalue weighted by molar-refractivity contribution is 9.10. The minimum absolute atomic E-state index is 0.188. The second kappa shape index (κ2) is 5.65. The molecule has 0 radical (unpaired) electrons. The smallest absolute Gasteiger partial charge is 0.233 e. The number of rotatable bonds is 4. The van der Waals surface area contributed by atoms with Gasteiger partial charge in [-0.15, -0.1) is 0 Å². The number of ether oxygens (including phenoxy) is 2. The summed E-state index contributed by atoms with van der Waals surface area (Å²) in [6, 6.07) is 11.0. The lowest BCUT2D eigenvalue weighted by Gasteiger charge is -2.10. The van der Waals surface area contributed by atoms with Crippen molar-refractivity contribution in [2.45, 2.75) is 6.61 Å². The molecule has 1 aromatic heterocycles. The molecule has 21 heavy (non-hydrogen) atoms. The Hall–Kier alpha value is -2.21. The van der Waals surface area contributed by atoms with E-state index in [-0.39, 0.29) is 6.61 Å². The molecule has 2 N–H and O–H groups in total. The van der Waals surface area contributed by atoms with E-state index in [1.807, 2.05) is 30.3 Å². The van der Waals surface area contributed by atoms with Gasteiger partial charge in [0, 0.05) is 0 Å². The topological polar surface area (TPSA) is 70.5 Å². The van der Waals surface area contributed by atoms with E-state index in [0.29, 0.717) is 34.2 Å². The van der Waals surface area contributed by atoms with Crippen molar-refractivity contribution in [1.82, 2.24) is 4.98 Å². The van der Waals surface area contributed by atoms with Gasteiger partial charge in [0.05, 0.1) is 17.3 Å². The third kappa shape index (κ3) is 2.67. The Balaban J connectivity index is 1.85. The number of nitrogens with two attached hydrogens (primary N) is 1. The van der Waals surface area contributed by atoms with Gasteiger partial charge < -0.3 is 19.6 Å². The number of oxazole rings is 1. The van der Waals surface area contributed by atoms with Gasteiger partial charge in [-0.3, -0.25) is 0 Å². The molecule has 0 aliphatic carbocycles. The van der Waals surface area contributed by atoms with Crippen LogP contribution in [0.2, 0.25) is 0 Å². The van der Waals surface area contributed by atoms with Crippen molar-refractivity contribution in [1.29, 1.82) is 0 Å². The van der Waals surface area contributed by atoms with E-state index < -0.39 is 0 Å². The zero-order valence-corrected chi connectivity index (χ0v) is 12.9. The lowest BCUT2D eigenvalue weighted by atomic mass is 10.3. The molecule has 0 saturated carbocycles. The summed E-state index contributed by atoms with van der Waals surface area (Å²) in [6.45, 7) is 0.188. The predicted molar refractivity (Wildman–Crippen MR) is 83.4 cm³/mol. The molecule has 3 rings (SSSR count). The third-order valence-corrected chi connectivity index (χ3v) is 3.61. The number of aromatic nitrogens is 1. The normalized spacial score (nSPS) is 10.8. The van der Waals surface area contributed by atoms with E-state index in [2.05, 4.69) is 20.9 Å². The van der Waals surface area contributed by atoms with E-state index in [1.54, 1.807) is 13.2 Å². The van der Waals surface area contributed by atoms with Crippen LogP contribution in [0, 0.1) is 0 Å². The number of benzene rings is 2. The average molecular weight is 349 g/mol. The van der Waals surface area contributed by atoms with Gasteiger partial charge in [0.1, 0.15) is 5.52 Å². The number of halogens is 1. The van der Waals surface area contributed by atoms with E-state index in [9.17, 15) is 0 Å². The highest BCUT2D eigenvalue weighted by atomic mass is 79.9. The largest absolute Gasteiger partial charge is 0.493 e. The standard InChI is InChI=1S/C15H13BrN2O3/c1-19-12-7-2-4-9(16)15(12)20-8-13-18-14-10(17)5-3-6-11(14)21-13/h2-7H,8,17H2,1H3. The molecule has 0 bridgehead atoms. The van der Waals surface area contributed by atoms with Crippen molar-refractivity contribution < 1.29 is 13.9 Å². The molecule has 0 aliphatic heterocycles. The van der Waals surface area contributed by atoms with Gasteiger partial charge in [0.25, 0.3) is 0 Å². The molecule has 0 atom stereocenters. The number of hydrogen-bond acceptors (Lipinski definition) is 5. The molecule has 0 fully saturated rings. The summed E-state index contributed by atoms with van der Waals surface area (Å²) in [6.07, 6.45) is 0. The van der Waals surface area contributed by atoms with Crippen molar-refractivity contribution in [2.75, 3.05) is 12.8 Å². The molecular formula is C15H13BrN2O3. The Morgan fingerprint density at radius 2 is 2.05 bits per heavy atom. The summed E-state index contributed by atoms with van der Waals surface area (Å²) < 4.78 is 17.4. The Bertz CT molecular complexity index is 786. The first-order chi connectivity index (χ1) is 10.2. The molecule has 1 heterocycles. The van der Waals surface area contributed by atoms with Crippen LogP contribution in [-0.4, -0.2) is 12.1 Å². The molecular weight excluding hydrogens is 336 g/mol. The molecule has 0 aliphatic rings. The van der Waals surface area contributed by atoms with Gasteiger partial charge in [-0.1, -0.05) is 12.1 Å². The maximum atomic E-state index is 5.86. The fourth-order valence-electron chi connectivity index (χ4n) is 2.00. The fraction of sp³-hybridized carbons (Fsp3) is 0.133. The zero-order chi connectivity index (χ0) is 14.8. The minimum Gasteiger partial charge on any atom is -0.493 e. The second-order valence-corrected chi connectivity index (χ2v) is 5.22. The van der Waals surface area contributed by atoms with Crippen molar-refractivity contribution >= 4 is 32.7 Å². The van der Waals surface area contributed by atoms with Gasteiger partial charge in [-0.05, 0) is 40.2 Å². The van der Waals surface area contributed by atoms with E-state index in [0.717, 1.165) is 4.47 Å². The summed E-state index contributed by atoms with van der Waals surface area (Å²) in [4.78, 5) is 4.34. The van der Waals surface area contributed by atoms with Gasteiger partial charge in [0.15, 0.2) is 23.7 Å². The third-order valence-electron chi connectivity index (χ3n) is 2.99. The van der Waals surface area contributed by atoms with Crippen LogP contribution >= 0.6 is 15.9 Å². The average Bonchev–Trinajstić information content (AvgIpc) is 2.90. The molecule has 0 spiro atoms. The van der Waals surface area contributed by atoms with Gasteiger partial charge in [0.2, 0.25) is 5.89 Å². The van der Waals surface area contributed by atoms with Crippen LogP contribution in [0.5, 0.6) is 11.5 Å². The van der Waals surface area contributed by atoms with Crippen LogP contribution in [0.15, 0.2) is 45.3 Å². The highest BCUT2D eigenvalue weighted by Crippen LogP contribution is 2.35. The van der Waals surface area contributed by atoms with E-state index >= 15 is 0 Å². The van der Waals surface area contributed by atoms with Crippen LogP contribution in [-0.2, 0) is 6.61 Å². The number of nitrogen functional groups attached to an aromatic ring is 1. The molecule has 0 saturated heterocycles. The summed E-state index contributed by atoms with van der Waals surface area (Å²) >= 11 is 3.43. The Morgan fingerprint density at radius 1 is 1.24 bits per heavy atom. The van der Waals surface area contributed by atoms with Crippen LogP contribution in [0.3, 0.4) is 0 Å². The number of nitrogens with zero attached hydrogens (tertiary/aromatic N) is 1. The van der Waals surface area contributed by atoms with Gasteiger partial charge >= 0.3 is 0 Å². The van der Waals surface area contributed by atoms with Crippen LogP contribution in [0.4, 0.5) is 5.69 Å². The van der Waals surface area contributed by atoms with E-state index in [1.165, 1.54) is 0 Å². The number of methoxy groups -OCH3 is 1. The SMILES string of the molecule is COc1cccc(Br)c1OCc1nc2c(N)cccc2o1. The number of fused-ring (bicyclic) bond motifs is 1. The monoisotopic (exact) mass is 348 g/mol. The maximum absolute atomic E-state index is 5.86. The first kappa shape index (κ1) is 13.8. The molecule has 2 aromatic carbocycles. The summed E-state index contributed by atoms with van der Waals surface area (Å²) in [5.41, 5.74) is 7.73. The Kier molecular flexibility index (Phi) is 3.70. The maximum Gasteiger partial charge on any atom is 0.233 e. The molecule has 5 nitrogen and oxygen atoms in total. The van der Waals surface area contributed by atoms with Gasteiger partial charge in [-0.25, -0.2) is 4.98 Å². The molecule has 0 unspecified atom stereocenters. The van der Waals surface area contributed by atoms with Crippen LogP contribution in [0.1, 0.15) is 5.89 Å². The molecule has 108 valence electrons. The number of para-hydroxylation sites is 2. The minimum atomic E-state index is 0.188. The van der Waals surface area contributed by atoms with Crippen molar-refractivity contribution in [3.8, 4) is 11.5 Å². The Morgan fingerprint density at radius 3 is 2.81 bits per heavy atom. The highest BCUT2D eigenvalue weighted by Gasteiger charge is 2.12. The summed E-state index contributed by atoms with van der Waals surface area (Å²) in [7, 11) is 1.59. The molecule has 0 amide bonds. The van der Waals surface area contributed by atoms with E-state index in [4.69, 9.17) is 19.6 Å². The number of anilines is 1. The van der Waals surface area contributed by atoms with Crippen LogP contribution in [0.25, 0.3) is 11.1 Å². The van der Waals surface area contributed by atoms with Crippen LogP contribution < -0.4 is 15.2 Å². The van der Waals surface area contributed by atoms with Gasteiger partial charge in [-0.2, -0.15) is 0 Å². The quantitative estimate of drug-likeness (QED) is 0.727. The van der Waals surface area contributed by atoms with Crippen molar-refractivity contribution in [3.63, 3.8) is 0 Å². The first-order valence-corrected chi connectivity index (χ1v) is 7.07. The van der Waals surface area contributed by atoms with Crippen molar-refractivity contribution in [2.24, 2.45) is 0 Å². The second-order valence-electron chi connectivity index (χ2n) is 4.36. The Labute approximate surface area is 129 Å². The van der Waals surface area contributed by atoms with Crippen molar-refractivity contribution in [3.05, 3.63) is 46.8 Å². The summed E-state index contributed by atoms with van der Waals surface area (Å²) in [5, 5.41) is 0. The fourth-order valence-corrected chi connectivity index (χ4v) is 2.46. The molecule has 6 heteroatoms. The predicted octanol–water partition coefficient (Wildman–Crippen LogP) is 3.76. The first-order valence-electron chi connectivity index (χ1n) is 6.28. The number of hydrogen-bond donors (Lipinski definition) is 1. The summed E-state index contributed by atoms with van der Waals surface area (Å²) in [5.74, 6) is 1.70.